The second-order valence-corrected chi connectivity index (χ2v) is 4.90. The summed E-state index contributed by atoms with van der Waals surface area (Å²) in [5.41, 5.74) is 6.80. The van der Waals surface area contributed by atoms with Crippen LogP contribution in [0.1, 0.15) is 24.4 Å². The van der Waals surface area contributed by atoms with Crippen molar-refractivity contribution in [2.75, 3.05) is 0 Å². The first-order valence-electron chi connectivity index (χ1n) is 5.33. The summed E-state index contributed by atoms with van der Waals surface area (Å²) in [5, 5.41) is 9.81. The number of nitrogens with zero attached hydrogens (tertiary/aromatic N) is 4. The summed E-state index contributed by atoms with van der Waals surface area (Å²) in [5.74, 6) is 0.889. The average molecular weight is 249 g/mol. The summed E-state index contributed by atoms with van der Waals surface area (Å²) in [6, 6.07) is 3.95. The van der Waals surface area contributed by atoms with Gasteiger partial charge in [0.15, 0.2) is 5.16 Å². The number of hydrogen-bond donors (Lipinski definition) is 1. The maximum atomic E-state index is 5.77. The van der Waals surface area contributed by atoms with E-state index in [1.807, 2.05) is 37.6 Å². The highest BCUT2D eigenvalue weighted by Gasteiger charge is 2.08. The number of aryl methyl sites for hydroxylation is 1. The Balaban J connectivity index is 2.17. The van der Waals surface area contributed by atoms with Gasteiger partial charge in [-0.2, -0.15) is 0 Å². The van der Waals surface area contributed by atoms with Crippen LogP contribution in [0, 0.1) is 6.92 Å². The molecule has 5 nitrogen and oxygen atoms in total. The third-order valence-corrected chi connectivity index (χ3v) is 3.52. The summed E-state index contributed by atoms with van der Waals surface area (Å²) < 4.78 is 1.94. The van der Waals surface area contributed by atoms with E-state index in [4.69, 9.17) is 5.73 Å². The Bertz CT molecular complexity index is 503. The second-order valence-electron chi connectivity index (χ2n) is 3.91. The molecule has 6 heteroatoms. The highest BCUT2D eigenvalue weighted by Crippen LogP contribution is 2.24. The molecule has 0 aromatic carbocycles. The van der Waals surface area contributed by atoms with Gasteiger partial charge in [0.25, 0.3) is 0 Å². The van der Waals surface area contributed by atoms with Gasteiger partial charge < -0.3 is 10.3 Å². The van der Waals surface area contributed by atoms with Crippen molar-refractivity contribution < 1.29 is 0 Å². The van der Waals surface area contributed by atoms with E-state index in [1.165, 1.54) is 11.8 Å². The fraction of sp³-hybridized carbons (Fsp3) is 0.364. The molecule has 90 valence electrons. The van der Waals surface area contributed by atoms with Gasteiger partial charge in [0.1, 0.15) is 10.9 Å². The summed E-state index contributed by atoms with van der Waals surface area (Å²) in [6.45, 7) is 3.86. The van der Waals surface area contributed by atoms with Crippen LogP contribution in [0.15, 0.2) is 28.5 Å². The lowest BCUT2D eigenvalue weighted by Gasteiger charge is -2.05. The zero-order valence-electron chi connectivity index (χ0n) is 10.1. The van der Waals surface area contributed by atoms with Gasteiger partial charge in [0, 0.05) is 19.3 Å². The Morgan fingerprint density at radius 1 is 1.35 bits per heavy atom. The van der Waals surface area contributed by atoms with Crippen LogP contribution < -0.4 is 5.73 Å². The fourth-order valence-electron chi connectivity index (χ4n) is 1.29. The minimum atomic E-state index is 0.0126. The van der Waals surface area contributed by atoms with Crippen LogP contribution in [0.2, 0.25) is 0 Å². The van der Waals surface area contributed by atoms with Crippen LogP contribution in [0.25, 0.3) is 0 Å². The molecule has 0 bridgehead atoms. The topological polar surface area (TPSA) is 69.6 Å². The first-order valence-corrected chi connectivity index (χ1v) is 6.15. The maximum absolute atomic E-state index is 5.77. The molecule has 1 atom stereocenters. The number of pyridine rings is 1. The van der Waals surface area contributed by atoms with Crippen LogP contribution in [0.3, 0.4) is 0 Å². The predicted octanol–water partition coefficient (Wildman–Crippen LogP) is 1.69. The normalized spacial score (nSPS) is 12.7. The number of rotatable bonds is 3. The lowest BCUT2D eigenvalue weighted by Crippen LogP contribution is -2.05. The lowest BCUT2D eigenvalue weighted by molar-refractivity contribution is 0.763. The van der Waals surface area contributed by atoms with Gasteiger partial charge in [0.2, 0.25) is 0 Å². The van der Waals surface area contributed by atoms with Crippen LogP contribution in [0.4, 0.5) is 0 Å². The van der Waals surface area contributed by atoms with Crippen molar-refractivity contribution in [3.05, 3.63) is 29.7 Å². The largest absolute Gasteiger partial charge is 0.324 e. The molecule has 0 radical (unpaired) electrons. The van der Waals surface area contributed by atoms with Crippen molar-refractivity contribution in [1.82, 2.24) is 19.7 Å². The van der Waals surface area contributed by atoms with Crippen molar-refractivity contribution in [2.24, 2.45) is 12.8 Å². The quantitative estimate of drug-likeness (QED) is 0.896. The van der Waals surface area contributed by atoms with Crippen LogP contribution in [0.5, 0.6) is 0 Å². The zero-order valence-corrected chi connectivity index (χ0v) is 10.9. The molecule has 2 aromatic heterocycles. The number of hydrogen-bond acceptors (Lipinski definition) is 5. The molecule has 0 saturated heterocycles. The first kappa shape index (κ1) is 12.1. The van der Waals surface area contributed by atoms with E-state index < -0.39 is 0 Å². The molecule has 0 aliphatic heterocycles. The Hall–Kier alpha value is -1.40. The van der Waals surface area contributed by atoms with E-state index in [0.717, 1.165) is 21.6 Å². The van der Waals surface area contributed by atoms with Crippen molar-refractivity contribution in [3.8, 4) is 0 Å². The van der Waals surface area contributed by atoms with E-state index in [2.05, 4.69) is 15.2 Å². The van der Waals surface area contributed by atoms with Gasteiger partial charge in [-0.1, -0.05) is 6.07 Å². The molecular formula is C11H15N5S. The molecule has 17 heavy (non-hydrogen) atoms. The van der Waals surface area contributed by atoms with Crippen molar-refractivity contribution in [1.29, 1.82) is 0 Å². The summed E-state index contributed by atoms with van der Waals surface area (Å²) >= 11 is 1.49. The Labute approximate surface area is 104 Å². The minimum Gasteiger partial charge on any atom is -0.324 e. The van der Waals surface area contributed by atoms with E-state index >= 15 is 0 Å². The third-order valence-electron chi connectivity index (χ3n) is 2.53. The smallest absolute Gasteiger partial charge is 0.197 e. The first-order chi connectivity index (χ1) is 8.08. The summed E-state index contributed by atoms with van der Waals surface area (Å²) in [4.78, 5) is 4.35. The van der Waals surface area contributed by atoms with Crippen LogP contribution in [-0.2, 0) is 7.05 Å². The molecule has 0 fully saturated rings. The average Bonchev–Trinajstić information content (AvgIpc) is 2.62. The lowest BCUT2D eigenvalue weighted by atomic mass is 10.2. The van der Waals surface area contributed by atoms with Crippen molar-refractivity contribution in [3.63, 3.8) is 0 Å². The standard InChI is InChI=1S/C11H15N5S/c1-7(12)9-4-5-10(13-6-9)17-11-15-14-8(2)16(11)3/h4-7H,12H2,1-3H3/t7-/m1/s1. The molecule has 0 amide bonds. The molecular weight excluding hydrogens is 234 g/mol. The van der Waals surface area contributed by atoms with Crippen molar-refractivity contribution in [2.45, 2.75) is 30.1 Å². The molecule has 2 N–H and O–H groups in total. The Morgan fingerprint density at radius 2 is 2.12 bits per heavy atom. The molecule has 2 rings (SSSR count). The van der Waals surface area contributed by atoms with Crippen LogP contribution >= 0.6 is 11.8 Å². The van der Waals surface area contributed by atoms with Gasteiger partial charge in [-0.3, -0.25) is 0 Å². The molecule has 0 spiro atoms. The van der Waals surface area contributed by atoms with Gasteiger partial charge in [-0.25, -0.2) is 4.98 Å². The molecule has 0 unspecified atom stereocenters. The Morgan fingerprint density at radius 3 is 2.59 bits per heavy atom. The van der Waals surface area contributed by atoms with E-state index in [9.17, 15) is 0 Å². The second kappa shape index (κ2) is 4.85. The summed E-state index contributed by atoms with van der Waals surface area (Å²) in [7, 11) is 1.94. The maximum Gasteiger partial charge on any atom is 0.197 e. The van der Waals surface area contributed by atoms with Gasteiger partial charge in [-0.15, -0.1) is 10.2 Å². The molecule has 0 aliphatic carbocycles. The van der Waals surface area contributed by atoms with Gasteiger partial charge in [-0.05, 0) is 37.2 Å². The van der Waals surface area contributed by atoms with E-state index in [-0.39, 0.29) is 6.04 Å². The van der Waals surface area contributed by atoms with Crippen LogP contribution in [-0.4, -0.2) is 19.7 Å². The van der Waals surface area contributed by atoms with Crippen molar-refractivity contribution >= 4 is 11.8 Å². The fourth-order valence-corrected chi connectivity index (χ4v) is 2.07. The molecule has 2 aromatic rings. The summed E-state index contributed by atoms with van der Waals surface area (Å²) in [6.07, 6.45) is 1.80. The molecule has 0 saturated carbocycles. The minimum absolute atomic E-state index is 0.0126. The van der Waals surface area contributed by atoms with Gasteiger partial charge in [0.05, 0.1) is 0 Å². The number of nitrogens with two attached hydrogens (primary N) is 1. The zero-order chi connectivity index (χ0) is 12.4. The highest BCUT2D eigenvalue weighted by atomic mass is 32.2. The number of aromatic nitrogens is 4. The predicted molar refractivity (Wildman–Crippen MR) is 66.7 cm³/mol. The SMILES string of the molecule is Cc1nnc(Sc2ccc([C@@H](C)N)cn2)n1C. The monoisotopic (exact) mass is 249 g/mol. The van der Waals surface area contributed by atoms with Gasteiger partial charge >= 0.3 is 0 Å². The van der Waals surface area contributed by atoms with E-state index in [0.29, 0.717) is 0 Å². The van der Waals surface area contributed by atoms with E-state index in [1.54, 1.807) is 6.20 Å². The third kappa shape index (κ3) is 2.65. The molecule has 2 heterocycles. The molecule has 0 aliphatic rings. The highest BCUT2D eigenvalue weighted by molar-refractivity contribution is 7.99. The Kier molecular flexibility index (Phi) is 3.44.